The largest absolute Gasteiger partial charge is 0.385 e. The summed E-state index contributed by atoms with van der Waals surface area (Å²) in [5.74, 6) is -0.0610. The molecule has 0 fully saturated rings. The fourth-order valence-corrected chi connectivity index (χ4v) is 3.58. The van der Waals surface area contributed by atoms with E-state index in [0.717, 1.165) is 49.4 Å². The lowest BCUT2D eigenvalue weighted by molar-refractivity contribution is 0.102. The van der Waals surface area contributed by atoms with E-state index < -0.39 is 0 Å². The molecule has 0 aliphatic carbocycles. The molecule has 0 bridgehead atoms. The van der Waals surface area contributed by atoms with Crippen LogP contribution in [0.25, 0.3) is 10.9 Å². The Morgan fingerprint density at radius 2 is 2.07 bits per heavy atom. The zero-order chi connectivity index (χ0) is 18.8. The van der Waals surface area contributed by atoms with E-state index in [4.69, 9.17) is 0 Å². The number of benzene rings is 2. The number of nitrogens with zero attached hydrogens (tertiary/aromatic N) is 2. The van der Waals surface area contributed by atoms with Crippen LogP contribution >= 0.6 is 0 Å². The number of hydrogen-bond donors (Lipinski definition) is 2. The number of carbonyl (C=O) groups is 1. The first-order chi connectivity index (χ1) is 13.1. The minimum Gasteiger partial charge on any atom is -0.385 e. The smallest absolute Gasteiger partial charge is 0.255 e. The molecule has 2 aromatic carbocycles. The Bertz CT molecular complexity index is 974. The molecule has 2 N–H and O–H groups in total. The summed E-state index contributed by atoms with van der Waals surface area (Å²) in [6, 6.07) is 14.1. The van der Waals surface area contributed by atoms with Gasteiger partial charge in [-0.3, -0.25) is 4.79 Å². The Labute approximate surface area is 160 Å². The fraction of sp³-hybridized carbons (Fsp3) is 0.318. The zero-order valence-corrected chi connectivity index (χ0v) is 16.0. The molecule has 5 heteroatoms. The molecule has 1 amide bonds. The van der Waals surface area contributed by atoms with Crippen LogP contribution in [0.3, 0.4) is 0 Å². The van der Waals surface area contributed by atoms with Gasteiger partial charge in [-0.1, -0.05) is 6.07 Å². The SMILES string of the molecule is CN(C)CCn1ccc2ccc(NC(=O)c3ccc4c(c3)CCCN4)cc21. The number of nitrogens with one attached hydrogen (secondary N) is 2. The summed E-state index contributed by atoms with van der Waals surface area (Å²) in [6.45, 7) is 2.90. The van der Waals surface area contributed by atoms with Crippen LogP contribution in [0, 0.1) is 0 Å². The standard InChI is InChI=1S/C22H26N4O/c1-25(2)12-13-26-11-9-16-5-7-19(15-21(16)26)24-22(27)18-6-8-20-17(14-18)4-3-10-23-20/h5-9,11,14-15,23H,3-4,10,12-13H2,1-2H3,(H,24,27). The maximum atomic E-state index is 12.7. The van der Waals surface area contributed by atoms with Gasteiger partial charge in [0.05, 0.1) is 5.52 Å². The maximum Gasteiger partial charge on any atom is 0.255 e. The molecule has 140 valence electrons. The predicted molar refractivity (Wildman–Crippen MR) is 112 cm³/mol. The molecular formula is C22H26N4O. The van der Waals surface area contributed by atoms with E-state index in [0.29, 0.717) is 5.56 Å². The van der Waals surface area contributed by atoms with Gasteiger partial charge in [-0.25, -0.2) is 0 Å². The zero-order valence-electron chi connectivity index (χ0n) is 16.0. The van der Waals surface area contributed by atoms with Gasteiger partial charge in [0.25, 0.3) is 5.91 Å². The molecule has 27 heavy (non-hydrogen) atoms. The second kappa shape index (κ2) is 7.45. The summed E-state index contributed by atoms with van der Waals surface area (Å²) in [6.07, 6.45) is 4.24. The van der Waals surface area contributed by atoms with Crippen molar-refractivity contribution < 1.29 is 4.79 Å². The molecular weight excluding hydrogens is 336 g/mol. The fourth-order valence-electron chi connectivity index (χ4n) is 3.58. The Balaban J connectivity index is 1.54. The van der Waals surface area contributed by atoms with Crippen LogP contribution in [0.4, 0.5) is 11.4 Å². The predicted octanol–water partition coefficient (Wildman–Crippen LogP) is 3.81. The molecule has 4 rings (SSSR count). The van der Waals surface area contributed by atoms with E-state index in [9.17, 15) is 4.79 Å². The highest BCUT2D eigenvalue weighted by Crippen LogP contribution is 2.24. The number of anilines is 2. The number of hydrogen-bond acceptors (Lipinski definition) is 3. The lowest BCUT2D eigenvalue weighted by atomic mass is 10.0. The van der Waals surface area contributed by atoms with E-state index in [-0.39, 0.29) is 5.91 Å². The maximum absolute atomic E-state index is 12.7. The second-order valence-corrected chi connectivity index (χ2v) is 7.44. The summed E-state index contributed by atoms with van der Waals surface area (Å²) < 4.78 is 2.23. The minimum absolute atomic E-state index is 0.0610. The van der Waals surface area contributed by atoms with E-state index >= 15 is 0 Å². The van der Waals surface area contributed by atoms with Crippen LogP contribution in [0.5, 0.6) is 0 Å². The quantitative estimate of drug-likeness (QED) is 0.726. The molecule has 5 nitrogen and oxygen atoms in total. The average Bonchev–Trinajstić information content (AvgIpc) is 3.08. The van der Waals surface area contributed by atoms with Crippen LogP contribution in [-0.4, -0.2) is 42.6 Å². The first kappa shape index (κ1) is 17.6. The van der Waals surface area contributed by atoms with Crippen LogP contribution in [-0.2, 0) is 13.0 Å². The Hall–Kier alpha value is -2.79. The first-order valence-corrected chi connectivity index (χ1v) is 9.52. The van der Waals surface area contributed by atoms with Gasteiger partial charge in [0.15, 0.2) is 0 Å². The van der Waals surface area contributed by atoms with E-state index in [1.165, 1.54) is 10.9 Å². The van der Waals surface area contributed by atoms with E-state index in [2.05, 4.69) is 58.6 Å². The van der Waals surface area contributed by atoms with Crippen molar-refractivity contribution >= 4 is 28.2 Å². The third-order valence-electron chi connectivity index (χ3n) is 5.13. The normalized spacial score (nSPS) is 13.4. The van der Waals surface area contributed by atoms with Crippen LogP contribution in [0.1, 0.15) is 22.3 Å². The first-order valence-electron chi connectivity index (χ1n) is 9.52. The summed E-state index contributed by atoms with van der Waals surface area (Å²) in [5, 5.41) is 7.63. The van der Waals surface area contributed by atoms with Crippen molar-refractivity contribution in [3.8, 4) is 0 Å². The van der Waals surface area contributed by atoms with Crippen LogP contribution in [0.2, 0.25) is 0 Å². The topological polar surface area (TPSA) is 49.3 Å². The van der Waals surface area contributed by atoms with Crippen molar-refractivity contribution in [2.45, 2.75) is 19.4 Å². The van der Waals surface area contributed by atoms with Gasteiger partial charge < -0.3 is 20.1 Å². The molecule has 0 saturated heterocycles. The molecule has 0 spiro atoms. The molecule has 0 saturated carbocycles. The lowest BCUT2D eigenvalue weighted by Crippen LogP contribution is -2.18. The molecule has 1 aliphatic rings. The van der Waals surface area contributed by atoms with E-state index in [1.807, 2.05) is 24.3 Å². The van der Waals surface area contributed by atoms with Crippen molar-refractivity contribution in [2.75, 3.05) is 37.8 Å². The Kier molecular flexibility index (Phi) is 4.86. The third kappa shape index (κ3) is 3.83. The van der Waals surface area contributed by atoms with Gasteiger partial charge in [-0.05, 0) is 74.3 Å². The number of aromatic nitrogens is 1. The lowest BCUT2D eigenvalue weighted by Gasteiger charge is -2.18. The van der Waals surface area contributed by atoms with Gasteiger partial charge in [-0.15, -0.1) is 0 Å². The van der Waals surface area contributed by atoms with Crippen molar-refractivity contribution in [1.82, 2.24) is 9.47 Å². The molecule has 3 aromatic rings. The van der Waals surface area contributed by atoms with Gasteiger partial charge in [0.2, 0.25) is 0 Å². The van der Waals surface area contributed by atoms with Gasteiger partial charge in [0, 0.05) is 42.8 Å². The number of likely N-dealkylation sites (N-methyl/N-ethyl adjacent to an activating group) is 1. The second-order valence-electron chi connectivity index (χ2n) is 7.44. The monoisotopic (exact) mass is 362 g/mol. The molecule has 0 atom stereocenters. The highest BCUT2D eigenvalue weighted by atomic mass is 16.1. The highest BCUT2D eigenvalue weighted by molar-refractivity contribution is 6.05. The number of fused-ring (bicyclic) bond motifs is 2. The number of carbonyl (C=O) groups excluding carboxylic acids is 1. The number of aryl methyl sites for hydroxylation is 1. The summed E-state index contributed by atoms with van der Waals surface area (Å²) >= 11 is 0. The van der Waals surface area contributed by atoms with E-state index in [1.54, 1.807) is 0 Å². The van der Waals surface area contributed by atoms with Crippen LogP contribution in [0.15, 0.2) is 48.7 Å². The molecule has 0 unspecified atom stereocenters. The Morgan fingerprint density at radius 3 is 2.93 bits per heavy atom. The van der Waals surface area contributed by atoms with Crippen LogP contribution < -0.4 is 10.6 Å². The van der Waals surface area contributed by atoms with Gasteiger partial charge >= 0.3 is 0 Å². The van der Waals surface area contributed by atoms with Crippen molar-refractivity contribution in [3.63, 3.8) is 0 Å². The average molecular weight is 362 g/mol. The van der Waals surface area contributed by atoms with Crippen molar-refractivity contribution in [3.05, 3.63) is 59.8 Å². The third-order valence-corrected chi connectivity index (χ3v) is 5.13. The Morgan fingerprint density at radius 1 is 1.19 bits per heavy atom. The molecule has 1 aliphatic heterocycles. The number of amides is 1. The minimum atomic E-state index is -0.0610. The van der Waals surface area contributed by atoms with Gasteiger partial charge in [-0.2, -0.15) is 0 Å². The molecule has 2 heterocycles. The molecule has 0 radical (unpaired) electrons. The summed E-state index contributed by atoms with van der Waals surface area (Å²) in [5.41, 5.74) is 5.05. The highest BCUT2D eigenvalue weighted by Gasteiger charge is 2.13. The summed E-state index contributed by atoms with van der Waals surface area (Å²) in [4.78, 5) is 14.9. The van der Waals surface area contributed by atoms with Crippen molar-refractivity contribution in [1.29, 1.82) is 0 Å². The van der Waals surface area contributed by atoms with Crippen molar-refractivity contribution in [2.24, 2.45) is 0 Å². The number of rotatable bonds is 5. The van der Waals surface area contributed by atoms with Gasteiger partial charge in [0.1, 0.15) is 0 Å². The molecule has 1 aromatic heterocycles. The summed E-state index contributed by atoms with van der Waals surface area (Å²) in [7, 11) is 4.15.